The second-order valence-corrected chi connectivity index (χ2v) is 7.01. The summed E-state index contributed by atoms with van der Waals surface area (Å²) < 4.78 is 10.8. The highest BCUT2D eigenvalue weighted by atomic mass is 35.5. The zero-order valence-corrected chi connectivity index (χ0v) is 15.2. The first-order valence-electron chi connectivity index (χ1n) is 7.65. The maximum atomic E-state index is 12.3. The van der Waals surface area contributed by atoms with E-state index in [4.69, 9.17) is 20.8 Å². The van der Waals surface area contributed by atoms with Gasteiger partial charge in [-0.1, -0.05) is 17.7 Å². The highest BCUT2D eigenvalue weighted by Gasteiger charge is 2.24. The molecule has 3 aromatic rings. The predicted octanol–water partition coefficient (Wildman–Crippen LogP) is 4.32. The van der Waals surface area contributed by atoms with Crippen LogP contribution in [0.1, 0.15) is 27.9 Å². The summed E-state index contributed by atoms with van der Waals surface area (Å²) in [5, 5.41) is 5.97. The van der Waals surface area contributed by atoms with Crippen molar-refractivity contribution in [1.82, 2.24) is 5.32 Å². The van der Waals surface area contributed by atoms with E-state index in [1.54, 1.807) is 36.5 Å². The molecule has 1 N–H and O–H groups in total. The largest absolute Gasteiger partial charge is 0.449 e. The molecule has 0 bridgehead atoms. The van der Waals surface area contributed by atoms with Crippen LogP contribution in [0.3, 0.4) is 0 Å². The number of rotatable bonds is 5. The number of benzene rings is 1. The molecule has 130 valence electrons. The Bertz CT molecular complexity index is 917. The number of carbonyl (C=O) groups is 2. The Morgan fingerprint density at radius 3 is 2.88 bits per heavy atom. The lowest BCUT2D eigenvalue weighted by molar-refractivity contribution is -0.129. The average Bonchev–Trinajstić information content (AvgIpc) is 3.21. The molecule has 0 spiro atoms. The number of halogens is 1. The molecule has 7 heteroatoms. The quantitative estimate of drug-likeness (QED) is 0.672. The Balaban J connectivity index is 1.67. The third-order valence-corrected chi connectivity index (χ3v) is 4.87. The molecule has 0 saturated heterocycles. The third kappa shape index (κ3) is 3.86. The molecule has 5 nitrogen and oxygen atoms in total. The summed E-state index contributed by atoms with van der Waals surface area (Å²) >= 11 is 7.52. The van der Waals surface area contributed by atoms with Gasteiger partial charge in [0.25, 0.3) is 5.91 Å². The molecule has 0 fully saturated rings. The Morgan fingerprint density at radius 1 is 1.36 bits per heavy atom. The lowest BCUT2D eigenvalue weighted by atomic mass is 10.1. The fourth-order valence-electron chi connectivity index (χ4n) is 2.39. The molecule has 0 aliphatic rings. The van der Waals surface area contributed by atoms with Crippen LogP contribution in [0, 0.1) is 6.92 Å². The van der Waals surface area contributed by atoms with Crippen molar-refractivity contribution in [2.45, 2.75) is 26.5 Å². The highest BCUT2D eigenvalue weighted by molar-refractivity contribution is 7.09. The van der Waals surface area contributed by atoms with Crippen molar-refractivity contribution < 1.29 is 18.7 Å². The van der Waals surface area contributed by atoms with Gasteiger partial charge in [-0.05, 0) is 43.5 Å². The number of esters is 1. The van der Waals surface area contributed by atoms with Gasteiger partial charge in [0.2, 0.25) is 5.76 Å². The van der Waals surface area contributed by atoms with Gasteiger partial charge in [-0.3, -0.25) is 4.79 Å². The van der Waals surface area contributed by atoms with E-state index in [9.17, 15) is 9.59 Å². The number of hydrogen-bond acceptors (Lipinski definition) is 5. The normalized spacial score (nSPS) is 12.1. The molecule has 1 atom stereocenters. The van der Waals surface area contributed by atoms with Crippen LogP contribution in [0.25, 0.3) is 11.0 Å². The minimum Gasteiger partial charge on any atom is -0.449 e. The highest BCUT2D eigenvalue weighted by Crippen LogP contribution is 2.28. The van der Waals surface area contributed by atoms with Gasteiger partial charge in [0.05, 0.1) is 6.54 Å². The zero-order chi connectivity index (χ0) is 18.0. The van der Waals surface area contributed by atoms with Crippen molar-refractivity contribution in [2.75, 3.05) is 0 Å². The Labute approximate surface area is 153 Å². The van der Waals surface area contributed by atoms with E-state index in [1.165, 1.54) is 6.92 Å². The number of amides is 1. The SMILES string of the molecule is Cc1c(C(=O)O[C@H](C)C(=O)NCc2cccs2)oc2ccc(Cl)cc12. The first-order valence-corrected chi connectivity index (χ1v) is 8.91. The maximum Gasteiger partial charge on any atom is 0.375 e. The van der Waals surface area contributed by atoms with E-state index in [-0.39, 0.29) is 11.7 Å². The summed E-state index contributed by atoms with van der Waals surface area (Å²) in [7, 11) is 0. The standard InChI is InChI=1S/C18H16ClNO4S/c1-10-14-8-12(19)5-6-15(14)24-16(10)18(22)23-11(2)17(21)20-9-13-4-3-7-25-13/h3-8,11H,9H2,1-2H3,(H,20,21)/t11-/m1/s1. The average molecular weight is 378 g/mol. The van der Waals surface area contributed by atoms with Crippen LogP contribution in [0.2, 0.25) is 5.02 Å². The lowest BCUT2D eigenvalue weighted by Crippen LogP contribution is -2.35. The van der Waals surface area contributed by atoms with Gasteiger partial charge in [0, 0.05) is 20.8 Å². The summed E-state index contributed by atoms with van der Waals surface area (Å²) in [6.45, 7) is 3.68. The fourth-order valence-corrected chi connectivity index (χ4v) is 3.20. The van der Waals surface area contributed by atoms with Crippen LogP contribution >= 0.6 is 22.9 Å². The van der Waals surface area contributed by atoms with Crippen molar-refractivity contribution in [3.8, 4) is 0 Å². The van der Waals surface area contributed by atoms with Crippen molar-refractivity contribution in [1.29, 1.82) is 0 Å². The third-order valence-electron chi connectivity index (χ3n) is 3.75. The topological polar surface area (TPSA) is 68.5 Å². The van der Waals surface area contributed by atoms with Gasteiger partial charge in [-0.15, -0.1) is 11.3 Å². The summed E-state index contributed by atoms with van der Waals surface area (Å²) in [4.78, 5) is 25.4. The molecule has 0 unspecified atom stereocenters. The number of carbonyl (C=O) groups excluding carboxylic acids is 2. The molecule has 0 saturated carbocycles. The molecule has 0 aliphatic carbocycles. The van der Waals surface area contributed by atoms with E-state index in [1.807, 2.05) is 17.5 Å². The van der Waals surface area contributed by atoms with E-state index in [0.717, 1.165) is 10.3 Å². The van der Waals surface area contributed by atoms with Crippen LogP contribution in [0.4, 0.5) is 0 Å². The second-order valence-electron chi connectivity index (χ2n) is 5.54. The molecule has 1 amide bonds. The molecule has 1 aromatic carbocycles. The fraction of sp³-hybridized carbons (Fsp3) is 0.222. The molecule has 0 radical (unpaired) electrons. The van der Waals surface area contributed by atoms with Gasteiger partial charge >= 0.3 is 5.97 Å². The summed E-state index contributed by atoms with van der Waals surface area (Å²) in [6, 6.07) is 8.93. The predicted molar refractivity (Wildman–Crippen MR) is 97.0 cm³/mol. The molecule has 0 aliphatic heterocycles. The lowest BCUT2D eigenvalue weighted by Gasteiger charge is -2.12. The number of ether oxygens (including phenoxy) is 1. The number of aryl methyl sites for hydroxylation is 1. The van der Waals surface area contributed by atoms with Gasteiger partial charge < -0.3 is 14.5 Å². The van der Waals surface area contributed by atoms with Crippen LogP contribution < -0.4 is 5.32 Å². The Kier molecular flexibility index (Phi) is 5.11. The molecule has 25 heavy (non-hydrogen) atoms. The Hall–Kier alpha value is -2.31. The molecule has 2 aromatic heterocycles. The van der Waals surface area contributed by atoms with Crippen LogP contribution in [-0.4, -0.2) is 18.0 Å². The Morgan fingerprint density at radius 2 is 2.16 bits per heavy atom. The minimum atomic E-state index is -0.927. The molecule has 3 rings (SSSR count). The van der Waals surface area contributed by atoms with Crippen LogP contribution in [0.5, 0.6) is 0 Å². The van der Waals surface area contributed by atoms with Gasteiger partial charge in [-0.2, -0.15) is 0 Å². The number of furan rings is 1. The second kappa shape index (κ2) is 7.29. The summed E-state index contributed by atoms with van der Waals surface area (Å²) in [6.07, 6.45) is -0.927. The van der Waals surface area contributed by atoms with Crippen LogP contribution in [-0.2, 0) is 16.1 Å². The monoisotopic (exact) mass is 377 g/mol. The minimum absolute atomic E-state index is 0.0789. The van der Waals surface area contributed by atoms with Crippen molar-refractivity contribution in [3.05, 3.63) is 56.9 Å². The first-order chi connectivity index (χ1) is 12.0. The smallest absolute Gasteiger partial charge is 0.375 e. The van der Waals surface area contributed by atoms with Gasteiger partial charge in [-0.25, -0.2) is 4.79 Å². The number of nitrogens with one attached hydrogen (secondary N) is 1. The number of thiophene rings is 1. The molecular weight excluding hydrogens is 362 g/mol. The van der Waals surface area contributed by atoms with E-state index in [0.29, 0.717) is 22.7 Å². The van der Waals surface area contributed by atoms with Gasteiger partial charge in [0.15, 0.2) is 6.10 Å². The number of hydrogen-bond donors (Lipinski definition) is 1. The van der Waals surface area contributed by atoms with E-state index >= 15 is 0 Å². The van der Waals surface area contributed by atoms with E-state index in [2.05, 4.69) is 5.32 Å². The zero-order valence-electron chi connectivity index (χ0n) is 13.7. The van der Waals surface area contributed by atoms with Crippen LogP contribution in [0.15, 0.2) is 40.1 Å². The number of fused-ring (bicyclic) bond motifs is 1. The summed E-state index contributed by atoms with van der Waals surface area (Å²) in [5.41, 5.74) is 1.18. The van der Waals surface area contributed by atoms with E-state index < -0.39 is 12.1 Å². The van der Waals surface area contributed by atoms with Crippen molar-refractivity contribution in [2.24, 2.45) is 0 Å². The summed E-state index contributed by atoms with van der Waals surface area (Å²) in [5.74, 6) is -0.961. The maximum absolute atomic E-state index is 12.3. The molecule has 2 heterocycles. The van der Waals surface area contributed by atoms with Gasteiger partial charge in [0.1, 0.15) is 5.58 Å². The van der Waals surface area contributed by atoms with Crippen molar-refractivity contribution in [3.63, 3.8) is 0 Å². The van der Waals surface area contributed by atoms with Crippen molar-refractivity contribution >= 4 is 45.8 Å². The first kappa shape index (κ1) is 17.5. The molecular formula is C18H16ClNO4S.